The van der Waals surface area contributed by atoms with Crippen LogP contribution in [0.2, 0.25) is 0 Å². The molecule has 1 unspecified atom stereocenters. The lowest BCUT2D eigenvalue weighted by molar-refractivity contribution is 0.176. The van der Waals surface area contributed by atoms with Crippen molar-refractivity contribution in [2.24, 2.45) is 0 Å². The van der Waals surface area contributed by atoms with E-state index < -0.39 is 0 Å². The third-order valence-electron chi connectivity index (χ3n) is 2.99. The molecule has 3 nitrogen and oxygen atoms in total. The smallest absolute Gasteiger partial charge is 0.320 e. The van der Waals surface area contributed by atoms with Gasteiger partial charge in [-0.25, -0.2) is 4.79 Å². The highest BCUT2D eigenvalue weighted by Crippen LogP contribution is 2.22. The number of carbonyl (C=O) groups excluding carboxylic acids is 1. The maximum absolute atomic E-state index is 11.9. The van der Waals surface area contributed by atoms with E-state index in [9.17, 15) is 4.79 Å². The molecule has 1 atom stereocenters. The van der Waals surface area contributed by atoms with Crippen LogP contribution in [0.5, 0.6) is 0 Å². The van der Waals surface area contributed by atoms with Crippen molar-refractivity contribution in [3.05, 3.63) is 36.0 Å². The number of carbonyl (C=O) groups is 1. The van der Waals surface area contributed by atoms with Crippen molar-refractivity contribution in [3.8, 4) is 0 Å². The van der Waals surface area contributed by atoms with E-state index in [1.807, 2.05) is 32.3 Å². The molecule has 2 amide bonds. The molecule has 1 saturated heterocycles. The van der Waals surface area contributed by atoms with Crippen molar-refractivity contribution < 1.29 is 4.79 Å². The van der Waals surface area contributed by atoms with Gasteiger partial charge in [0, 0.05) is 20.6 Å². The SMILES string of the molecule is CN1CCC2=CC=CC=CC2N(C)C1=O. The van der Waals surface area contributed by atoms with E-state index in [0.717, 1.165) is 13.0 Å². The lowest BCUT2D eigenvalue weighted by atomic mass is 10.0. The third-order valence-corrected chi connectivity index (χ3v) is 2.99. The van der Waals surface area contributed by atoms with Gasteiger partial charge in [-0.05, 0) is 12.0 Å². The van der Waals surface area contributed by atoms with Gasteiger partial charge in [-0.1, -0.05) is 30.4 Å². The number of likely N-dealkylation sites (N-methyl/N-ethyl adjacent to an activating group) is 1. The summed E-state index contributed by atoms with van der Waals surface area (Å²) in [4.78, 5) is 15.4. The van der Waals surface area contributed by atoms with Crippen molar-refractivity contribution in [2.45, 2.75) is 12.5 Å². The number of urea groups is 1. The van der Waals surface area contributed by atoms with Gasteiger partial charge in [0.15, 0.2) is 0 Å². The number of hydrogen-bond donors (Lipinski definition) is 0. The van der Waals surface area contributed by atoms with E-state index >= 15 is 0 Å². The van der Waals surface area contributed by atoms with Crippen molar-refractivity contribution in [1.82, 2.24) is 9.80 Å². The first-order valence-corrected chi connectivity index (χ1v) is 5.22. The average molecular weight is 204 g/mol. The summed E-state index contributed by atoms with van der Waals surface area (Å²) >= 11 is 0. The molecule has 2 aliphatic rings. The minimum Gasteiger partial charge on any atom is -0.327 e. The fourth-order valence-electron chi connectivity index (χ4n) is 2.02. The molecule has 0 N–H and O–H groups in total. The van der Waals surface area contributed by atoms with Crippen molar-refractivity contribution in [2.75, 3.05) is 20.6 Å². The van der Waals surface area contributed by atoms with Crippen LogP contribution in [-0.4, -0.2) is 42.5 Å². The molecule has 1 fully saturated rings. The summed E-state index contributed by atoms with van der Waals surface area (Å²) in [7, 11) is 3.71. The topological polar surface area (TPSA) is 23.6 Å². The molecule has 0 spiro atoms. The molecule has 0 aromatic heterocycles. The number of nitrogens with zero attached hydrogens (tertiary/aromatic N) is 2. The van der Waals surface area contributed by atoms with Crippen LogP contribution in [0.4, 0.5) is 4.79 Å². The van der Waals surface area contributed by atoms with Crippen LogP contribution in [0.25, 0.3) is 0 Å². The van der Waals surface area contributed by atoms with Gasteiger partial charge in [-0.2, -0.15) is 0 Å². The molecule has 0 saturated carbocycles. The van der Waals surface area contributed by atoms with Gasteiger partial charge in [0.25, 0.3) is 0 Å². The fourth-order valence-corrected chi connectivity index (χ4v) is 2.02. The summed E-state index contributed by atoms with van der Waals surface area (Å²) in [5.74, 6) is 0. The summed E-state index contributed by atoms with van der Waals surface area (Å²) in [5.41, 5.74) is 1.31. The standard InChI is InChI=1S/C12H16N2O/c1-13-9-8-10-6-4-3-5-7-11(10)14(2)12(13)15/h3-7,11H,8-9H2,1-2H3. The highest BCUT2D eigenvalue weighted by Gasteiger charge is 2.27. The van der Waals surface area contributed by atoms with E-state index in [1.165, 1.54) is 5.57 Å². The lowest BCUT2D eigenvalue weighted by Crippen LogP contribution is -2.41. The Kier molecular flexibility index (Phi) is 2.62. The Morgan fingerprint density at radius 1 is 1.27 bits per heavy atom. The largest absolute Gasteiger partial charge is 0.327 e. The Balaban J connectivity index is 2.34. The highest BCUT2D eigenvalue weighted by molar-refractivity contribution is 5.75. The molecule has 3 heteroatoms. The lowest BCUT2D eigenvalue weighted by Gasteiger charge is -2.26. The van der Waals surface area contributed by atoms with Crippen LogP contribution in [0.15, 0.2) is 36.0 Å². The van der Waals surface area contributed by atoms with E-state index in [0.29, 0.717) is 0 Å². The molecule has 0 bridgehead atoms. The Bertz CT molecular complexity index is 355. The fraction of sp³-hybridized carbons (Fsp3) is 0.417. The zero-order valence-electron chi connectivity index (χ0n) is 9.18. The van der Waals surface area contributed by atoms with Crippen molar-refractivity contribution >= 4 is 6.03 Å². The van der Waals surface area contributed by atoms with E-state index in [4.69, 9.17) is 0 Å². The normalized spacial score (nSPS) is 25.9. The molecule has 0 radical (unpaired) electrons. The third kappa shape index (κ3) is 1.82. The first-order valence-electron chi connectivity index (χ1n) is 5.22. The molecule has 80 valence electrons. The van der Waals surface area contributed by atoms with E-state index in [-0.39, 0.29) is 12.1 Å². The number of rotatable bonds is 0. The van der Waals surface area contributed by atoms with Crippen LogP contribution >= 0.6 is 0 Å². The van der Waals surface area contributed by atoms with Crippen molar-refractivity contribution in [1.29, 1.82) is 0 Å². The zero-order chi connectivity index (χ0) is 10.8. The highest BCUT2D eigenvalue weighted by atomic mass is 16.2. The summed E-state index contributed by atoms with van der Waals surface area (Å²) in [6, 6.07) is 0.215. The molecule has 2 rings (SSSR count). The van der Waals surface area contributed by atoms with Crippen LogP contribution in [0.1, 0.15) is 6.42 Å². The van der Waals surface area contributed by atoms with Crippen molar-refractivity contribution in [3.63, 3.8) is 0 Å². The molecule has 1 heterocycles. The summed E-state index contributed by atoms with van der Waals surface area (Å²) in [5, 5.41) is 0. The number of fused-ring (bicyclic) bond motifs is 1. The Hall–Kier alpha value is -1.51. The summed E-state index contributed by atoms with van der Waals surface area (Å²) in [6.45, 7) is 0.799. The Morgan fingerprint density at radius 3 is 2.87 bits per heavy atom. The molecular formula is C12H16N2O. The maximum Gasteiger partial charge on any atom is 0.320 e. The quantitative estimate of drug-likeness (QED) is 0.590. The van der Waals surface area contributed by atoms with Gasteiger partial charge in [0.05, 0.1) is 6.04 Å². The molecule has 0 aromatic rings. The number of allylic oxidation sites excluding steroid dienone is 4. The average Bonchev–Trinajstić information content (AvgIpc) is 2.52. The Morgan fingerprint density at radius 2 is 2.07 bits per heavy atom. The summed E-state index contributed by atoms with van der Waals surface area (Å²) in [6.07, 6.45) is 11.2. The van der Waals surface area contributed by atoms with Gasteiger partial charge in [-0.15, -0.1) is 0 Å². The minimum absolute atomic E-state index is 0.0925. The molecule has 1 aliphatic carbocycles. The Labute approximate surface area is 90.4 Å². The van der Waals surface area contributed by atoms with Crippen LogP contribution in [0.3, 0.4) is 0 Å². The van der Waals surface area contributed by atoms with Crippen LogP contribution in [0, 0.1) is 0 Å². The van der Waals surface area contributed by atoms with Gasteiger partial charge in [0.1, 0.15) is 0 Å². The summed E-state index contributed by atoms with van der Waals surface area (Å²) < 4.78 is 0. The molecule has 1 aliphatic heterocycles. The first-order chi connectivity index (χ1) is 7.20. The molecule has 15 heavy (non-hydrogen) atoms. The second-order valence-electron chi connectivity index (χ2n) is 4.02. The van der Waals surface area contributed by atoms with Crippen LogP contribution < -0.4 is 0 Å². The second kappa shape index (κ2) is 3.93. The molecule has 0 aromatic carbocycles. The van der Waals surface area contributed by atoms with Gasteiger partial charge in [0.2, 0.25) is 0 Å². The monoisotopic (exact) mass is 204 g/mol. The maximum atomic E-state index is 11.9. The van der Waals surface area contributed by atoms with Crippen LogP contribution in [-0.2, 0) is 0 Å². The van der Waals surface area contributed by atoms with Gasteiger partial charge < -0.3 is 9.80 Å². The first kappa shape index (κ1) is 10.0. The number of amides is 2. The predicted octanol–water partition coefficient (Wildman–Crippen LogP) is 1.79. The minimum atomic E-state index is 0.0925. The molecular weight excluding hydrogens is 188 g/mol. The predicted molar refractivity (Wildman–Crippen MR) is 60.6 cm³/mol. The zero-order valence-corrected chi connectivity index (χ0v) is 9.18. The second-order valence-corrected chi connectivity index (χ2v) is 4.02. The van der Waals surface area contributed by atoms with Gasteiger partial charge >= 0.3 is 6.03 Å². The van der Waals surface area contributed by atoms with Gasteiger partial charge in [-0.3, -0.25) is 0 Å². The number of hydrogen-bond acceptors (Lipinski definition) is 1. The van der Waals surface area contributed by atoms with E-state index in [2.05, 4.69) is 12.2 Å². The van der Waals surface area contributed by atoms with E-state index in [1.54, 1.807) is 9.80 Å².